The first-order valence-electron chi connectivity index (χ1n) is 6.93. The highest BCUT2D eigenvalue weighted by Gasteiger charge is 2.00. The molecule has 2 aromatic rings. The predicted octanol–water partition coefficient (Wildman–Crippen LogP) is 3.01. The molecule has 108 valence electrons. The number of aliphatic hydroxyl groups excluding tert-OH is 1. The van der Waals surface area contributed by atoms with Crippen molar-refractivity contribution in [2.45, 2.75) is 26.9 Å². The lowest BCUT2D eigenvalue weighted by molar-refractivity contribution is 0.305. The highest BCUT2D eigenvalue weighted by molar-refractivity contribution is 5.44. The Morgan fingerprint density at radius 3 is 2.76 bits per heavy atom. The van der Waals surface area contributed by atoms with Crippen LogP contribution in [0.25, 0.3) is 0 Å². The van der Waals surface area contributed by atoms with Crippen LogP contribution >= 0.6 is 0 Å². The molecule has 0 amide bonds. The largest absolute Gasteiger partial charge is 0.489 e. The van der Waals surface area contributed by atoms with Gasteiger partial charge in [0.05, 0.1) is 6.61 Å². The molecule has 1 heterocycles. The van der Waals surface area contributed by atoms with E-state index >= 15 is 0 Å². The number of hydrogen-bond acceptors (Lipinski definition) is 3. The smallest absolute Gasteiger partial charge is 0.120 e. The second-order valence-corrected chi connectivity index (χ2v) is 4.91. The van der Waals surface area contributed by atoms with E-state index < -0.39 is 0 Å². The molecule has 3 nitrogen and oxygen atoms in total. The summed E-state index contributed by atoms with van der Waals surface area (Å²) >= 11 is 0. The standard InChI is InChI=1S/C18H19NO2/c1-14-9-16(12-19-11-14)13-21-18-7-6-17(15(2)10-18)5-3-4-8-20/h6-7,9-12,20H,4,8,13H2,1-2H3. The minimum Gasteiger partial charge on any atom is -0.489 e. The molecule has 2 rings (SSSR count). The first kappa shape index (κ1) is 15.1. The number of benzene rings is 1. The van der Waals surface area contributed by atoms with Crippen molar-refractivity contribution in [1.29, 1.82) is 0 Å². The van der Waals surface area contributed by atoms with E-state index in [0.29, 0.717) is 13.0 Å². The molecule has 1 aromatic heterocycles. The molecule has 0 aliphatic rings. The van der Waals surface area contributed by atoms with Crippen molar-refractivity contribution in [3.63, 3.8) is 0 Å². The number of hydrogen-bond donors (Lipinski definition) is 1. The van der Waals surface area contributed by atoms with Crippen molar-refractivity contribution in [2.24, 2.45) is 0 Å². The quantitative estimate of drug-likeness (QED) is 0.876. The Kier molecular flexibility index (Phi) is 5.36. The maximum Gasteiger partial charge on any atom is 0.120 e. The third-order valence-corrected chi connectivity index (χ3v) is 2.99. The summed E-state index contributed by atoms with van der Waals surface area (Å²) in [5, 5.41) is 8.73. The molecule has 0 saturated carbocycles. The van der Waals surface area contributed by atoms with Crippen molar-refractivity contribution in [3.05, 3.63) is 58.9 Å². The number of aryl methyl sites for hydroxylation is 2. The maximum atomic E-state index is 8.73. The third kappa shape index (κ3) is 4.62. The van der Waals surface area contributed by atoms with Gasteiger partial charge in [-0.15, -0.1) is 0 Å². The summed E-state index contributed by atoms with van der Waals surface area (Å²) in [5.41, 5.74) is 4.22. The average molecular weight is 281 g/mol. The molecule has 1 aromatic carbocycles. The van der Waals surface area contributed by atoms with Crippen LogP contribution in [0.5, 0.6) is 5.75 Å². The molecule has 21 heavy (non-hydrogen) atoms. The number of rotatable bonds is 4. The third-order valence-electron chi connectivity index (χ3n) is 2.99. The molecule has 0 fully saturated rings. The van der Waals surface area contributed by atoms with Crippen molar-refractivity contribution in [3.8, 4) is 17.6 Å². The maximum absolute atomic E-state index is 8.73. The van der Waals surface area contributed by atoms with Crippen molar-refractivity contribution < 1.29 is 9.84 Å². The monoisotopic (exact) mass is 281 g/mol. The lowest BCUT2D eigenvalue weighted by atomic mass is 10.1. The van der Waals surface area contributed by atoms with Gasteiger partial charge in [0, 0.05) is 29.9 Å². The summed E-state index contributed by atoms with van der Waals surface area (Å²) in [6, 6.07) is 7.91. The van der Waals surface area contributed by atoms with Crippen LogP contribution in [0, 0.1) is 25.7 Å². The molecule has 1 N–H and O–H groups in total. The second-order valence-electron chi connectivity index (χ2n) is 4.91. The van der Waals surface area contributed by atoms with Crippen molar-refractivity contribution in [1.82, 2.24) is 4.98 Å². The first-order chi connectivity index (χ1) is 10.2. The van der Waals surface area contributed by atoms with E-state index in [9.17, 15) is 0 Å². The molecule has 0 aliphatic heterocycles. The fourth-order valence-electron chi connectivity index (χ4n) is 1.94. The van der Waals surface area contributed by atoms with Gasteiger partial charge in [-0.05, 0) is 49.2 Å². The van der Waals surface area contributed by atoms with Gasteiger partial charge in [-0.1, -0.05) is 11.8 Å². The number of nitrogens with zero attached hydrogens (tertiary/aromatic N) is 1. The van der Waals surface area contributed by atoms with Gasteiger partial charge in [-0.2, -0.15) is 0 Å². The van der Waals surface area contributed by atoms with E-state index in [-0.39, 0.29) is 6.61 Å². The van der Waals surface area contributed by atoms with Gasteiger partial charge >= 0.3 is 0 Å². The van der Waals surface area contributed by atoms with Gasteiger partial charge in [0.1, 0.15) is 12.4 Å². The molecule has 0 saturated heterocycles. The van der Waals surface area contributed by atoms with Gasteiger partial charge in [0.15, 0.2) is 0 Å². The molecular weight excluding hydrogens is 262 g/mol. The zero-order valence-electron chi connectivity index (χ0n) is 12.4. The van der Waals surface area contributed by atoms with Gasteiger partial charge in [-0.3, -0.25) is 4.98 Å². The molecule has 0 atom stereocenters. The van der Waals surface area contributed by atoms with E-state index in [4.69, 9.17) is 9.84 Å². The topological polar surface area (TPSA) is 42.4 Å². The number of aromatic nitrogens is 1. The van der Waals surface area contributed by atoms with Crippen LogP contribution < -0.4 is 4.74 Å². The molecular formula is C18H19NO2. The Labute approximate surface area is 125 Å². The van der Waals surface area contributed by atoms with Crippen LogP contribution in [-0.2, 0) is 6.61 Å². The minimum absolute atomic E-state index is 0.0950. The lowest BCUT2D eigenvalue weighted by Crippen LogP contribution is -1.97. The van der Waals surface area contributed by atoms with Gasteiger partial charge < -0.3 is 9.84 Å². The summed E-state index contributed by atoms with van der Waals surface area (Å²) in [6.07, 6.45) is 4.14. The Balaban J connectivity index is 2.02. The lowest BCUT2D eigenvalue weighted by Gasteiger charge is -2.08. The SMILES string of the molecule is Cc1cncc(COc2ccc(C#CCCO)c(C)c2)c1. The first-order valence-corrected chi connectivity index (χ1v) is 6.93. The summed E-state index contributed by atoms with van der Waals surface area (Å²) < 4.78 is 5.78. The van der Waals surface area contributed by atoms with Crippen LogP contribution in [0.2, 0.25) is 0 Å². The van der Waals surface area contributed by atoms with Crippen LogP contribution in [-0.4, -0.2) is 16.7 Å². The molecule has 0 radical (unpaired) electrons. The summed E-state index contributed by atoms with van der Waals surface area (Å²) in [6.45, 7) is 4.62. The van der Waals surface area contributed by atoms with Crippen LogP contribution in [0.4, 0.5) is 0 Å². The number of aliphatic hydroxyl groups is 1. The molecule has 0 unspecified atom stereocenters. The van der Waals surface area contributed by atoms with E-state index in [1.165, 1.54) is 0 Å². The normalized spacial score (nSPS) is 9.86. The summed E-state index contributed by atoms with van der Waals surface area (Å²) in [7, 11) is 0. The zero-order valence-corrected chi connectivity index (χ0v) is 12.4. The van der Waals surface area contributed by atoms with Gasteiger partial charge in [0.2, 0.25) is 0 Å². The van der Waals surface area contributed by atoms with Crippen LogP contribution in [0.15, 0.2) is 36.7 Å². The average Bonchev–Trinajstić information content (AvgIpc) is 2.47. The summed E-state index contributed by atoms with van der Waals surface area (Å²) in [4.78, 5) is 4.15. The van der Waals surface area contributed by atoms with E-state index in [1.54, 1.807) is 0 Å². The van der Waals surface area contributed by atoms with Crippen LogP contribution in [0.1, 0.15) is 28.7 Å². The molecule has 0 bridgehead atoms. The minimum atomic E-state index is 0.0950. The van der Waals surface area contributed by atoms with Crippen molar-refractivity contribution in [2.75, 3.05) is 6.61 Å². The highest BCUT2D eigenvalue weighted by Crippen LogP contribution is 2.18. The molecule has 0 spiro atoms. The molecule has 0 aliphatic carbocycles. The second kappa shape index (κ2) is 7.47. The van der Waals surface area contributed by atoms with Crippen LogP contribution in [0.3, 0.4) is 0 Å². The zero-order chi connectivity index (χ0) is 15.1. The van der Waals surface area contributed by atoms with E-state index in [1.807, 2.05) is 44.4 Å². The Morgan fingerprint density at radius 1 is 1.19 bits per heavy atom. The fourth-order valence-corrected chi connectivity index (χ4v) is 1.94. The molecule has 3 heteroatoms. The summed E-state index contributed by atoms with van der Waals surface area (Å²) in [5.74, 6) is 6.79. The Bertz CT molecular complexity index is 668. The Morgan fingerprint density at radius 2 is 2.05 bits per heavy atom. The predicted molar refractivity (Wildman–Crippen MR) is 83.1 cm³/mol. The van der Waals surface area contributed by atoms with E-state index in [0.717, 1.165) is 28.0 Å². The van der Waals surface area contributed by atoms with Crippen molar-refractivity contribution >= 4 is 0 Å². The Hall–Kier alpha value is -2.31. The number of ether oxygens (including phenoxy) is 1. The number of pyridine rings is 1. The van der Waals surface area contributed by atoms with Gasteiger partial charge in [-0.25, -0.2) is 0 Å². The fraction of sp³-hybridized carbons (Fsp3) is 0.278. The highest BCUT2D eigenvalue weighted by atomic mass is 16.5. The van der Waals surface area contributed by atoms with E-state index in [2.05, 4.69) is 22.9 Å². The van der Waals surface area contributed by atoms with Gasteiger partial charge in [0.25, 0.3) is 0 Å².